The molecule has 1 N–H and O–H groups in total. The van der Waals surface area contributed by atoms with Crippen molar-refractivity contribution in [2.24, 2.45) is 5.92 Å². The number of rotatable bonds is 9. The second-order valence-corrected chi connectivity index (χ2v) is 11.0. The van der Waals surface area contributed by atoms with Gasteiger partial charge in [0.05, 0.1) is 9.82 Å². The van der Waals surface area contributed by atoms with E-state index in [2.05, 4.69) is 10.4 Å². The maximum absolute atomic E-state index is 13.0. The van der Waals surface area contributed by atoms with Gasteiger partial charge < -0.3 is 5.32 Å². The zero-order valence-corrected chi connectivity index (χ0v) is 20.1. The number of halogens is 3. The van der Waals surface area contributed by atoms with Gasteiger partial charge in [-0.15, -0.1) is 0 Å². The molecule has 36 heavy (non-hydrogen) atoms. The second-order valence-electron chi connectivity index (χ2n) is 9.02. The third-order valence-electron chi connectivity index (χ3n) is 6.45. The molecular weight excluding hydrogens is 503 g/mol. The Labute approximate surface area is 205 Å². The summed E-state index contributed by atoms with van der Waals surface area (Å²) in [5, 5.41) is 17.3. The van der Waals surface area contributed by atoms with Gasteiger partial charge in [0.1, 0.15) is 0 Å². The summed E-state index contributed by atoms with van der Waals surface area (Å²) in [4.78, 5) is 22.7. The Morgan fingerprint density at radius 3 is 2.33 bits per heavy atom. The lowest BCUT2D eigenvalue weighted by Gasteiger charge is -2.30. The molecule has 2 heterocycles. The Hall–Kier alpha value is -3.00. The quantitative estimate of drug-likeness (QED) is 0.302. The van der Waals surface area contributed by atoms with Gasteiger partial charge in [0.2, 0.25) is 15.9 Å². The first-order chi connectivity index (χ1) is 17.0. The van der Waals surface area contributed by atoms with E-state index in [0.29, 0.717) is 25.0 Å². The maximum atomic E-state index is 13.0. The summed E-state index contributed by atoms with van der Waals surface area (Å²) in [6.07, 6.45) is -1.76. The lowest BCUT2D eigenvalue weighted by atomic mass is 9.97. The van der Waals surface area contributed by atoms with Crippen LogP contribution in [0.5, 0.6) is 0 Å². The predicted octanol–water partition coefficient (Wildman–Crippen LogP) is 3.29. The molecular formula is C22H26F3N5O5S. The number of nitrogens with one attached hydrogen (secondary N) is 1. The van der Waals surface area contributed by atoms with E-state index in [1.807, 2.05) is 0 Å². The van der Waals surface area contributed by atoms with Crippen LogP contribution in [0.1, 0.15) is 49.4 Å². The number of piperidine rings is 1. The summed E-state index contributed by atoms with van der Waals surface area (Å²) in [5.74, 6) is -0.492. The fourth-order valence-corrected chi connectivity index (χ4v) is 5.76. The van der Waals surface area contributed by atoms with Crippen LogP contribution < -0.4 is 5.32 Å². The first-order valence-electron chi connectivity index (χ1n) is 11.6. The molecule has 0 bridgehead atoms. The molecule has 4 rings (SSSR count). The number of hydrogen-bond acceptors (Lipinski definition) is 6. The molecule has 1 saturated carbocycles. The lowest BCUT2D eigenvalue weighted by molar-refractivity contribution is -0.384. The van der Waals surface area contributed by atoms with Crippen molar-refractivity contribution in [1.82, 2.24) is 19.4 Å². The van der Waals surface area contributed by atoms with Gasteiger partial charge in [0.25, 0.3) is 5.69 Å². The average molecular weight is 530 g/mol. The molecule has 1 saturated heterocycles. The van der Waals surface area contributed by atoms with E-state index < -0.39 is 26.8 Å². The van der Waals surface area contributed by atoms with Crippen molar-refractivity contribution in [1.29, 1.82) is 0 Å². The molecule has 1 aliphatic carbocycles. The van der Waals surface area contributed by atoms with Crippen LogP contribution in [0.15, 0.2) is 35.2 Å². The van der Waals surface area contributed by atoms with Gasteiger partial charge in [-0.3, -0.25) is 19.6 Å². The molecule has 2 fully saturated rings. The number of sulfonamides is 1. The number of hydrogen-bond donors (Lipinski definition) is 1. The van der Waals surface area contributed by atoms with Crippen LogP contribution in [-0.2, 0) is 27.5 Å². The number of aromatic nitrogens is 2. The van der Waals surface area contributed by atoms with Crippen molar-refractivity contribution in [3.63, 3.8) is 0 Å². The Morgan fingerprint density at radius 1 is 1.14 bits per heavy atom. The fourth-order valence-electron chi connectivity index (χ4n) is 4.29. The van der Waals surface area contributed by atoms with Gasteiger partial charge in [0, 0.05) is 55.8 Å². The number of nitrogens with zero attached hydrogens (tertiary/aromatic N) is 4. The monoisotopic (exact) mass is 529 g/mol. The summed E-state index contributed by atoms with van der Waals surface area (Å²) in [7, 11) is -3.83. The topological polar surface area (TPSA) is 127 Å². The minimum atomic E-state index is -4.50. The van der Waals surface area contributed by atoms with Crippen LogP contribution in [0.3, 0.4) is 0 Å². The van der Waals surface area contributed by atoms with Crippen molar-refractivity contribution in [2.75, 3.05) is 19.6 Å². The Balaban J connectivity index is 1.24. The van der Waals surface area contributed by atoms with Crippen molar-refractivity contribution >= 4 is 21.6 Å². The van der Waals surface area contributed by atoms with Gasteiger partial charge in [0.15, 0.2) is 5.69 Å². The van der Waals surface area contributed by atoms with Crippen molar-refractivity contribution < 1.29 is 31.3 Å². The lowest BCUT2D eigenvalue weighted by Crippen LogP contribution is -2.43. The number of carbonyl (C=O) groups excluding carboxylic acids is 1. The SMILES string of the molecule is O=C(NCCCn1nc(C(F)(F)F)cc1C1CC1)C1CCN(S(=O)(=O)c2ccc([N+](=O)[O-])cc2)CC1. The summed E-state index contributed by atoms with van der Waals surface area (Å²) >= 11 is 0. The molecule has 0 spiro atoms. The molecule has 14 heteroatoms. The number of nitro groups is 1. The molecule has 2 aromatic rings. The van der Waals surface area contributed by atoms with Crippen molar-refractivity contribution in [3.05, 3.63) is 51.8 Å². The zero-order chi connectivity index (χ0) is 26.1. The number of alkyl halides is 3. The van der Waals surface area contributed by atoms with Gasteiger partial charge in [-0.25, -0.2) is 8.42 Å². The van der Waals surface area contributed by atoms with Crippen LogP contribution in [0.25, 0.3) is 0 Å². The van der Waals surface area contributed by atoms with Crippen LogP contribution in [0, 0.1) is 16.0 Å². The number of nitro benzene ring substituents is 1. The molecule has 1 amide bonds. The third kappa shape index (κ3) is 5.86. The number of benzene rings is 1. The molecule has 196 valence electrons. The predicted molar refractivity (Wildman–Crippen MR) is 121 cm³/mol. The minimum Gasteiger partial charge on any atom is -0.356 e. The first kappa shape index (κ1) is 26.1. The maximum Gasteiger partial charge on any atom is 0.435 e. The zero-order valence-electron chi connectivity index (χ0n) is 19.3. The number of amides is 1. The Kier molecular flexibility index (Phi) is 7.36. The molecule has 10 nitrogen and oxygen atoms in total. The van der Waals surface area contributed by atoms with Crippen LogP contribution in [-0.4, -0.2) is 53.0 Å². The van der Waals surface area contributed by atoms with E-state index in [-0.39, 0.29) is 54.5 Å². The number of aryl methyl sites for hydroxylation is 1. The van der Waals surface area contributed by atoms with E-state index in [1.165, 1.54) is 21.1 Å². The second kappa shape index (κ2) is 10.2. The first-order valence-corrected chi connectivity index (χ1v) is 13.1. The van der Waals surface area contributed by atoms with E-state index in [0.717, 1.165) is 31.0 Å². The third-order valence-corrected chi connectivity index (χ3v) is 8.37. The average Bonchev–Trinajstić information content (AvgIpc) is 3.59. The summed E-state index contributed by atoms with van der Waals surface area (Å²) in [6.45, 7) is 0.797. The fraction of sp³-hybridized carbons (Fsp3) is 0.545. The highest BCUT2D eigenvalue weighted by Gasteiger charge is 2.38. The molecule has 0 atom stereocenters. The molecule has 0 radical (unpaired) electrons. The highest BCUT2D eigenvalue weighted by molar-refractivity contribution is 7.89. The highest BCUT2D eigenvalue weighted by atomic mass is 32.2. The minimum absolute atomic E-state index is 0.0473. The standard InChI is InChI=1S/C22H26F3N5O5S/c23-22(24,25)20-14-19(15-2-3-15)29(27-20)11-1-10-26-21(31)16-8-12-28(13-9-16)36(34,35)18-6-4-17(5-7-18)30(32)33/h4-7,14-16H,1-3,8-13H2,(H,26,31). The van der Waals surface area contributed by atoms with Crippen molar-refractivity contribution in [3.8, 4) is 0 Å². The summed E-state index contributed by atoms with van der Waals surface area (Å²) < 4.78 is 67.3. The molecule has 1 aliphatic heterocycles. The number of non-ortho nitro benzene ring substituents is 1. The normalized spacial score (nSPS) is 17.8. The van der Waals surface area contributed by atoms with E-state index in [9.17, 15) is 36.5 Å². The van der Waals surface area contributed by atoms with Gasteiger partial charge in [-0.2, -0.15) is 22.6 Å². The van der Waals surface area contributed by atoms with Gasteiger partial charge in [-0.05, 0) is 50.3 Å². The van der Waals surface area contributed by atoms with Crippen LogP contribution >= 0.6 is 0 Å². The molecule has 0 unspecified atom stereocenters. The summed E-state index contributed by atoms with van der Waals surface area (Å²) in [5.41, 5.74) is -0.527. The van der Waals surface area contributed by atoms with Crippen molar-refractivity contribution in [2.45, 2.75) is 55.6 Å². The van der Waals surface area contributed by atoms with E-state index in [1.54, 1.807) is 0 Å². The van der Waals surface area contributed by atoms with E-state index in [4.69, 9.17) is 0 Å². The largest absolute Gasteiger partial charge is 0.435 e. The Morgan fingerprint density at radius 2 is 1.78 bits per heavy atom. The smallest absolute Gasteiger partial charge is 0.356 e. The van der Waals surface area contributed by atoms with Gasteiger partial charge >= 0.3 is 6.18 Å². The van der Waals surface area contributed by atoms with Gasteiger partial charge in [-0.1, -0.05) is 0 Å². The number of carbonyl (C=O) groups is 1. The molecule has 2 aliphatic rings. The van der Waals surface area contributed by atoms with Crippen LogP contribution in [0.4, 0.5) is 18.9 Å². The summed E-state index contributed by atoms with van der Waals surface area (Å²) in [6, 6.07) is 5.76. The van der Waals surface area contributed by atoms with Crippen LogP contribution in [0.2, 0.25) is 0 Å². The van der Waals surface area contributed by atoms with E-state index >= 15 is 0 Å². The highest BCUT2D eigenvalue weighted by Crippen LogP contribution is 2.42. The molecule has 1 aromatic carbocycles. The molecule has 1 aromatic heterocycles. The Bertz CT molecular complexity index is 1220.